The van der Waals surface area contributed by atoms with E-state index in [9.17, 15) is 41.1 Å². The van der Waals surface area contributed by atoms with Gasteiger partial charge in [-0.1, -0.05) is 59.9 Å². The van der Waals surface area contributed by atoms with Gasteiger partial charge in [-0.15, -0.1) is 11.3 Å². The molecule has 3 heterocycles. The largest absolute Gasteiger partial charge is 0.504 e. The Morgan fingerprint density at radius 2 is 1.48 bits per heavy atom. The maximum absolute atomic E-state index is 12.5. The molecule has 23 heteroatoms. The summed E-state index contributed by atoms with van der Waals surface area (Å²) in [6.45, 7) is 5.77. The van der Waals surface area contributed by atoms with Crippen LogP contribution in [0.15, 0.2) is 119 Å². The van der Waals surface area contributed by atoms with Gasteiger partial charge in [0.2, 0.25) is 0 Å². The fraction of sp³-hybridized carbons (Fsp3) is 0.214. The maximum atomic E-state index is 12.5. The Morgan fingerprint density at radius 1 is 0.862 bits per heavy atom. The molecule has 1 aliphatic rings. The van der Waals surface area contributed by atoms with Crippen LogP contribution in [0.25, 0.3) is 5.76 Å². The third kappa shape index (κ3) is 14.6. The molecule has 6 rings (SSSR count). The van der Waals surface area contributed by atoms with E-state index in [1.54, 1.807) is 54.6 Å². The monoisotopic (exact) mass is 1010 g/mol. The fourth-order valence-corrected chi connectivity index (χ4v) is 9.37. The summed E-state index contributed by atoms with van der Waals surface area (Å²) in [4.78, 5) is 50.5. The summed E-state index contributed by atoms with van der Waals surface area (Å²) in [6.07, 6.45) is 2.86. The lowest BCUT2D eigenvalue weighted by Gasteiger charge is -2.26. The highest BCUT2D eigenvalue weighted by Crippen LogP contribution is 2.41. The molecule has 4 amide bonds. The van der Waals surface area contributed by atoms with Crippen molar-refractivity contribution in [3.63, 3.8) is 0 Å². The molecule has 0 saturated heterocycles. The highest BCUT2D eigenvalue weighted by molar-refractivity contribution is 7.90. The van der Waals surface area contributed by atoms with Crippen LogP contribution in [0.4, 0.5) is 10.6 Å². The number of thiophene rings is 1. The van der Waals surface area contributed by atoms with Crippen molar-refractivity contribution in [3.05, 3.63) is 139 Å². The average molecular weight is 1010 g/mol. The van der Waals surface area contributed by atoms with Crippen LogP contribution in [0.5, 0.6) is 5.75 Å². The second-order valence-corrected chi connectivity index (χ2v) is 20.1. The number of fused-ring (bicyclic) bond motifs is 1. The normalized spacial score (nSPS) is 12.8. The zero-order valence-electron chi connectivity index (χ0n) is 35.0. The summed E-state index contributed by atoms with van der Waals surface area (Å²) in [5.74, 6) is -1.69. The van der Waals surface area contributed by atoms with Crippen LogP contribution in [-0.2, 0) is 36.1 Å². The number of pyridine rings is 1. The SMILES string of the molecule is CC(C)(Oc1ccc(CCNC(=O)c2ccc(Cl)cc2)cc1)C(=O)O.CCCNC(=O)NS(=O)(=O)c1ccc(Cl)cc1.CN1C(C(=O)Nc2ccccn2)=C(O)c2sc(Cl)cc2S1(=O)=O. The second-order valence-electron chi connectivity index (χ2n) is 14.0. The molecule has 0 unspecified atom stereocenters. The number of rotatable bonds is 13. The van der Waals surface area contributed by atoms with Gasteiger partial charge in [0.15, 0.2) is 17.1 Å². The highest BCUT2D eigenvalue weighted by atomic mass is 35.5. The molecule has 0 atom stereocenters. The van der Waals surface area contributed by atoms with Crippen LogP contribution in [0.1, 0.15) is 48.0 Å². The van der Waals surface area contributed by atoms with Crippen molar-refractivity contribution in [1.82, 2.24) is 24.6 Å². The number of halogens is 3. The van der Waals surface area contributed by atoms with Crippen LogP contribution in [-0.4, -0.2) is 85.9 Å². The predicted octanol–water partition coefficient (Wildman–Crippen LogP) is 7.59. The molecule has 0 aliphatic carbocycles. The van der Waals surface area contributed by atoms with Gasteiger partial charge in [-0.25, -0.2) is 36.1 Å². The summed E-state index contributed by atoms with van der Waals surface area (Å²) in [5, 5.41) is 28.1. The Kier molecular flexibility index (Phi) is 18.2. The number of anilines is 1. The number of benzene rings is 3. The van der Waals surface area contributed by atoms with Gasteiger partial charge in [0, 0.05) is 41.9 Å². The predicted molar refractivity (Wildman–Crippen MR) is 248 cm³/mol. The smallest absolute Gasteiger partial charge is 0.347 e. The summed E-state index contributed by atoms with van der Waals surface area (Å²) < 4.78 is 56.6. The van der Waals surface area contributed by atoms with Crippen molar-refractivity contribution in [2.75, 3.05) is 25.5 Å². The van der Waals surface area contributed by atoms with E-state index in [1.807, 2.05) is 23.8 Å². The van der Waals surface area contributed by atoms with Crippen LogP contribution in [0.2, 0.25) is 14.4 Å². The number of amides is 4. The van der Waals surface area contributed by atoms with E-state index in [4.69, 9.17) is 44.6 Å². The van der Waals surface area contributed by atoms with Crippen molar-refractivity contribution in [2.24, 2.45) is 0 Å². The van der Waals surface area contributed by atoms with Crippen LogP contribution in [0, 0.1) is 0 Å². The Labute approximate surface area is 394 Å². The first-order valence-electron chi connectivity index (χ1n) is 19.1. The summed E-state index contributed by atoms with van der Waals surface area (Å²) in [7, 11) is -6.60. The van der Waals surface area contributed by atoms with Crippen molar-refractivity contribution >= 4 is 102 Å². The lowest BCUT2D eigenvalue weighted by molar-refractivity contribution is -0.152. The number of carboxylic acids is 1. The first-order valence-corrected chi connectivity index (χ1v) is 24.0. The van der Waals surface area contributed by atoms with E-state index in [0.29, 0.717) is 40.9 Å². The van der Waals surface area contributed by atoms with E-state index < -0.39 is 49.3 Å². The molecule has 0 fully saturated rings. The number of likely N-dealkylation sites (N-methyl/N-ethyl adjacent to an activating group) is 1. The quantitative estimate of drug-likeness (QED) is 0.0668. The molecular formula is C42H43Cl3N6O11S3. The lowest BCUT2D eigenvalue weighted by atomic mass is 10.1. The Hall–Kier alpha value is -5.90. The number of nitrogens with one attached hydrogen (secondary N) is 4. The number of urea groups is 1. The fourth-order valence-electron chi connectivity index (χ4n) is 5.25. The highest BCUT2D eigenvalue weighted by Gasteiger charge is 2.40. The number of sulfonamides is 2. The zero-order chi connectivity index (χ0) is 48.1. The Morgan fingerprint density at radius 3 is 2.05 bits per heavy atom. The minimum absolute atomic E-state index is 0.00597. The first-order chi connectivity index (χ1) is 30.5. The molecule has 6 N–H and O–H groups in total. The van der Waals surface area contributed by atoms with Gasteiger partial charge in [0.25, 0.3) is 31.9 Å². The topological polar surface area (TPSA) is 250 Å². The third-order valence-corrected chi connectivity index (χ3v) is 13.7. The zero-order valence-corrected chi connectivity index (χ0v) is 39.7. The number of nitrogens with zero attached hydrogens (tertiary/aromatic N) is 2. The number of aromatic nitrogens is 1. The van der Waals surface area contributed by atoms with Gasteiger partial charge in [0.1, 0.15) is 16.5 Å². The van der Waals surface area contributed by atoms with Crippen LogP contribution in [0.3, 0.4) is 0 Å². The van der Waals surface area contributed by atoms with Crippen LogP contribution < -0.4 is 25.4 Å². The number of aliphatic hydroxyl groups excluding tert-OH is 1. The van der Waals surface area contributed by atoms with Crippen LogP contribution >= 0.6 is 46.1 Å². The molecular weight excluding hydrogens is 967 g/mol. The summed E-state index contributed by atoms with van der Waals surface area (Å²) in [5.41, 5.74) is -0.101. The molecule has 17 nitrogen and oxygen atoms in total. The molecule has 346 valence electrons. The summed E-state index contributed by atoms with van der Waals surface area (Å²) in [6, 6.07) is 24.8. The van der Waals surface area contributed by atoms with Gasteiger partial charge in [0.05, 0.1) is 14.1 Å². The number of hydrogen-bond donors (Lipinski definition) is 6. The molecule has 65 heavy (non-hydrogen) atoms. The van der Waals surface area contributed by atoms with Crippen molar-refractivity contribution in [2.45, 2.75) is 49.0 Å². The molecule has 0 radical (unpaired) electrons. The van der Waals surface area contributed by atoms with E-state index in [2.05, 4.69) is 20.9 Å². The maximum Gasteiger partial charge on any atom is 0.347 e. The first kappa shape index (κ1) is 51.7. The van der Waals surface area contributed by atoms with E-state index in [0.717, 1.165) is 27.6 Å². The molecule has 0 spiro atoms. The number of carboxylic acid groups (broad SMARTS) is 1. The van der Waals surface area contributed by atoms with Gasteiger partial charge in [-0.3, -0.25) is 13.9 Å². The minimum atomic E-state index is -3.96. The van der Waals surface area contributed by atoms with E-state index in [1.165, 1.54) is 57.4 Å². The van der Waals surface area contributed by atoms with Crippen molar-refractivity contribution in [3.8, 4) is 5.75 Å². The van der Waals surface area contributed by atoms with Crippen molar-refractivity contribution < 1.29 is 51.0 Å². The second kappa shape index (κ2) is 22.8. The molecule has 2 aromatic heterocycles. The standard InChI is InChI=1S/C19H20ClNO4.C13H10ClN3O4S2.C10H13ClN2O3S/c1-19(2,18(23)24)25-16-9-3-13(4-10-16)11-12-21-17(22)14-5-7-15(20)8-6-14;1-17-10(13(19)16-9-4-2-3-5-15-9)11(18)12-7(23(17,20)21)6-8(14)22-12;1-2-7-12-10(14)13-17(15,16)9-5-3-8(11)4-6-9/h3-10H,11-12H2,1-2H3,(H,21,22)(H,23,24);2-6,18H,1H3,(H,15,16,19);3-6H,2,7H2,1H3,(H2,12,13,14). The molecule has 5 aromatic rings. The average Bonchev–Trinajstić information content (AvgIpc) is 3.67. The molecule has 3 aromatic carbocycles. The number of aliphatic hydroxyl groups is 1. The van der Waals surface area contributed by atoms with Crippen molar-refractivity contribution in [1.29, 1.82) is 0 Å². The van der Waals surface area contributed by atoms with Gasteiger partial charge < -0.3 is 30.9 Å². The number of aliphatic carboxylic acids is 1. The number of ether oxygens (including phenoxy) is 1. The number of carbonyl (C=O) groups is 4. The lowest BCUT2D eigenvalue weighted by Crippen LogP contribution is -2.39. The molecule has 1 aliphatic heterocycles. The van der Waals surface area contributed by atoms with E-state index in [-0.39, 0.29) is 36.4 Å². The molecule has 0 saturated carbocycles. The summed E-state index contributed by atoms with van der Waals surface area (Å²) >= 11 is 18.2. The van der Waals surface area contributed by atoms with E-state index >= 15 is 0 Å². The minimum Gasteiger partial charge on any atom is -0.504 e. The van der Waals surface area contributed by atoms with Gasteiger partial charge in [-0.05, 0) is 111 Å². The number of carbonyl (C=O) groups excluding carboxylic acids is 3. The van der Waals surface area contributed by atoms with Gasteiger partial charge >= 0.3 is 12.0 Å². The number of hydrogen-bond acceptors (Lipinski definition) is 12. The molecule has 0 bridgehead atoms. The third-order valence-electron chi connectivity index (χ3n) is 8.69. The Bertz CT molecular complexity index is 2740. The van der Waals surface area contributed by atoms with Gasteiger partial charge in [-0.2, -0.15) is 0 Å². The Balaban J connectivity index is 0.000000218.